The number of alkyl halides is 3. The van der Waals surface area contributed by atoms with E-state index in [0.29, 0.717) is 41.1 Å². The maximum absolute atomic E-state index is 12.5. The molecule has 1 amide bonds. The number of rotatable bonds is 6. The van der Waals surface area contributed by atoms with Gasteiger partial charge in [-0.25, -0.2) is 9.67 Å². The van der Waals surface area contributed by atoms with Crippen LogP contribution < -0.4 is 4.74 Å². The molecule has 0 saturated carbocycles. The Morgan fingerprint density at radius 3 is 2.58 bits per heavy atom. The molecule has 0 aliphatic carbocycles. The number of halogens is 3. The van der Waals surface area contributed by atoms with Crippen LogP contribution >= 0.6 is 0 Å². The van der Waals surface area contributed by atoms with Crippen LogP contribution in [0.4, 0.5) is 13.2 Å². The van der Waals surface area contributed by atoms with E-state index >= 15 is 0 Å². The number of aliphatic hydroxyl groups excluding tert-OH is 2. The van der Waals surface area contributed by atoms with Gasteiger partial charge in [0.1, 0.15) is 5.75 Å². The van der Waals surface area contributed by atoms with Crippen molar-refractivity contribution in [2.45, 2.75) is 31.9 Å². The first kappa shape index (κ1) is 22.7. The van der Waals surface area contributed by atoms with E-state index in [9.17, 15) is 28.2 Å². The van der Waals surface area contributed by atoms with Crippen molar-refractivity contribution in [1.29, 1.82) is 0 Å². The highest BCUT2D eigenvalue weighted by Crippen LogP contribution is 2.34. The molecule has 1 aliphatic rings. The van der Waals surface area contributed by atoms with E-state index in [1.165, 1.54) is 47.3 Å². The van der Waals surface area contributed by atoms with E-state index in [1.54, 1.807) is 17.9 Å². The molecule has 1 aliphatic heterocycles. The summed E-state index contributed by atoms with van der Waals surface area (Å²) in [4.78, 5) is 18.2. The molecule has 0 radical (unpaired) electrons. The van der Waals surface area contributed by atoms with Crippen molar-refractivity contribution in [3.63, 3.8) is 0 Å². The maximum atomic E-state index is 12.5. The Bertz CT molecular complexity index is 1180. The van der Waals surface area contributed by atoms with Crippen molar-refractivity contribution < 1.29 is 32.9 Å². The molecule has 3 heterocycles. The molecule has 174 valence electrons. The van der Waals surface area contributed by atoms with Crippen molar-refractivity contribution in [3.8, 4) is 11.4 Å². The Morgan fingerprint density at radius 2 is 1.97 bits per heavy atom. The Labute approximate surface area is 186 Å². The highest BCUT2D eigenvalue weighted by molar-refractivity contribution is 5.89. The summed E-state index contributed by atoms with van der Waals surface area (Å²) < 4.78 is 42.8. The van der Waals surface area contributed by atoms with Crippen LogP contribution in [0.25, 0.3) is 16.7 Å². The second-order valence-corrected chi connectivity index (χ2v) is 7.71. The summed E-state index contributed by atoms with van der Waals surface area (Å²) in [6.45, 7) is 2.09. The SMILES string of the molecule is C[C@H](O)/C=C/C(=O)N1CC(c2nn(-c3ccc(OC(F)(F)F)cc3)c3nccc(CO)c23)C1. The molecule has 33 heavy (non-hydrogen) atoms. The number of benzene rings is 1. The fraction of sp³-hybridized carbons (Fsp3) is 0.318. The zero-order chi connectivity index (χ0) is 23.8. The van der Waals surface area contributed by atoms with E-state index in [2.05, 4.69) is 14.8 Å². The highest BCUT2D eigenvalue weighted by Gasteiger charge is 2.35. The number of aromatic nitrogens is 3. The molecule has 2 aromatic heterocycles. The average Bonchev–Trinajstić information content (AvgIpc) is 3.10. The van der Waals surface area contributed by atoms with Gasteiger partial charge >= 0.3 is 6.36 Å². The lowest BCUT2D eigenvalue weighted by molar-refractivity contribution is -0.274. The van der Waals surface area contributed by atoms with Crippen molar-refractivity contribution in [2.75, 3.05) is 13.1 Å². The van der Waals surface area contributed by atoms with Gasteiger partial charge in [0.05, 0.1) is 24.1 Å². The Hall–Kier alpha value is -3.44. The van der Waals surface area contributed by atoms with Gasteiger partial charge in [0.2, 0.25) is 5.91 Å². The third-order valence-electron chi connectivity index (χ3n) is 5.26. The summed E-state index contributed by atoms with van der Waals surface area (Å²) in [6, 6.07) is 6.91. The molecule has 1 saturated heterocycles. The van der Waals surface area contributed by atoms with Gasteiger partial charge in [0.15, 0.2) is 5.65 Å². The van der Waals surface area contributed by atoms with Gasteiger partial charge in [0.25, 0.3) is 0 Å². The number of carbonyl (C=O) groups is 1. The molecule has 4 rings (SSSR count). The molecule has 8 nitrogen and oxygen atoms in total. The lowest BCUT2D eigenvalue weighted by Gasteiger charge is -2.38. The zero-order valence-electron chi connectivity index (χ0n) is 17.5. The Balaban J connectivity index is 1.65. The highest BCUT2D eigenvalue weighted by atomic mass is 19.4. The molecule has 1 fully saturated rings. The van der Waals surface area contributed by atoms with Gasteiger partial charge in [-0.3, -0.25) is 4.79 Å². The van der Waals surface area contributed by atoms with Crippen LogP contribution in [0.2, 0.25) is 0 Å². The van der Waals surface area contributed by atoms with E-state index < -0.39 is 12.5 Å². The van der Waals surface area contributed by atoms with Crippen LogP contribution in [-0.2, 0) is 11.4 Å². The summed E-state index contributed by atoms with van der Waals surface area (Å²) in [7, 11) is 0. The number of fused-ring (bicyclic) bond motifs is 1. The van der Waals surface area contributed by atoms with Crippen molar-refractivity contribution >= 4 is 16.9 Å². The van der Waals surface area contributed by atoms with Gasteiger partial charge in [-0.2, -0.15) is 5.10 Å². The van der Waals surface area contributed by atoms with Crippen LogP contribution in [0, 0.1) is 0 Å². The molecular formula is C22H21F3N4O4. The van der Waals surface area contributed by atoms with Crippen molar-refractivity contribution in [1.82, 2.24) is 19.7 Å². The number of pyridine rings is 1. The summed E-state index contributed by atoms with van der Waals surface area (Å²) >= 11 is 0. The summed E-state index contributed by atoms with van der Waals surface area (Å²) in [5.74, 6) is -0.693. The first-order valence-corrected chi connectivity index (χ1v) is 10.1. The minimum atomic E-state index is -4.79. The zero-order valence-corrected chi connectivity index (χ0v) is 17.5. The number of likely N-dealkylation sites (tertiary alicyclic amines) is 1. The second-order valence-electron chi connectivity index (χ2n) is 7.71. The predicted octanol–water partition coefficient (Wildman–Crippen LogP) is 2.67. The molecular weight excluding hydrogens is 441 g/mol. The van der Waals surface area contributed by atoms with E-state index in [4.69, 9.17) is 0 Å². The van der Waals surface area contributed by atoms with Crippen LogP contribution in [0.1, 0.15) is 24.1 Å². The van der Waals surface area contributed by atoms with Gasteiger partial charge in [-0.05, 0) is 42.8 Å². The number of carbonyl (C=O) groups excluding carboxylic acids is 1. The summed E-state index contributed by atoms with van der Waals surface area (Å²) in [6.07, 6.45) is -1.27. The monoisotopic (exact) mass is 462 g/mol. The van der Waals surface area contributed by atoms with Crippen LogP contribution in [0.5, 0.6) is 5.75 Å². The molecule has 3 aromatic rings. The topological polar surface area (TPSA) is 101 Å². The molecule has 2 N–H and O–H groups in total. The molecule has 0 unspecified atom stereocenters. The van der Waals surface area contributed by atoms with E-state index in [1.807, 2.05) is 0 Å². The number of amides is 1. The van der Waals surface area contributed by atoms with E-state index in [-0.39, 0.29) is 24.2 Å². The van der Waals surface area contributed by atoms with Crippen molar-refractivity contribution in [2.24, 2.45) is 0 Å². The standard InChI is InChI=1S/C22H21F3N4O4/c1-13(31)2-7-18(32)28-10-15(11-28)20-19-14(12-30)8-9-26-21(19)29(27-20)16-3-5-17(6-4-16)33-22(23,24)25/h2-9,13,15,30-31H,10-12H2,1H3/b7-2+/t13-/m0/s1. The normalized spacial score (nSPS) is 15.8. The minimum absolute atomic E-state index is 0.111. The minimum Gasteiger partial charge on any atom is -0.406 e. The van der Waals surface area contributed by atoms with Gasteiger partial charge in [-0.1, -0.05) is 6.08 Å². The number of hydrogen-bond acceptors (Lipinski definition) is 6. The van der Waals surface area contributed by atoms with Gasteiger partial charge < -0.3 is 19.8 Å². The fourth-order valence-electron chi connectivity index (χ4n) is 3.68. The third kappa shape index (κ3) is 4.83. The largest absolute Gasteiger partial charge is 0.573 e. The molecule has 11 heteroatoms. The fourth-order valence-corrected chi connectivity index (χ4v) is 3.68. The Kier molecular flexibility index (Phi) is 6.09. The van der Waals surface area contributed by atoms with Crippen LogP contribution in [0.3, 0.4) is 0 Å². The number of ether oxygens (including phenoxy) is 1. The average molecular weight is 462 g/mol. The van der Waals surface area contributed by atoms with E-state index in [0.717, 1.165) is 0 Å². The number of aliphatic hydroxyl groups is 2. The van der Waals surface area contributed by atoms with Gasteiger partial charge in [-0.15, -0.1) is 13.2 Å². The lowest BCUT2D eigenvalue weighted by Crippen LogP contribution is -2.48. The lowest BCUT2D eigenvalue weighted by atomic mass is 9.93. The first-order chi connectivity index (χ1) is 15.7. The Morgan fingerprint density at radius 1 is 1.27 bits per heavy atom. The summed E-state index contributed by atoms with van der Waals surface area (Å²) in [5.41, 5.74) is 2.16. The maximum Gasteiger partial charge on any atom is 0.573 e. The molecule has 1 atom stereocenters. The molecule has 0 bridgehead atoms. The van der Waals surface area contributed by atoms with Crippen molar-refractivity contribution in [3.05, 3.63) is 59.9 Å². The van der Waals surface area contributed by atoms with Crippen LogP contribution in [-0.4, -0.2) is 61.3 Å². The van der Waals surface area contributed by atoms with Crippen LogP contribution in [0.15, 0.2) is 48.7 Å². The molecule has 0 spiro atoms. The van der Waals surface area contributed by atoms with Gasteiger partial charge in [0, 0.05) is 36.7 Å². The third-order valence-corrected chi connectivity index (χ3v) is 5.26. The quantitative estimate of drug-likeness (QED) is 0.547. The summed E-state index contributed by atoms with van der Waals surface area (Å²) in [5, 5.41) is 24.4. The first-order valence-electron chi connectivity index (χ1n) is 10.1. The smallest absolute Gasteiger partial charge is 0.406 e. The number of nitrogens with zero attached hydrogens (tertiary/aromatic N) is 4. The number of hydrogen-bond donors (Lipinski definition) is 2. The molecule has 1 aromatic carbocycles. The second kappa shape index (κ2) is 8.83. The predicted molar refractivity (Wildman–Crippen MR) is 112 cm³/mol.